The number of para-hydroxylation sites is 2. The monoisotopic (exact) mass is 259 g/mol. The maximum atomic E-state index is 5.88. The van der Waals surface area contributed by atoms with Crippen molar-refractivity contribution in [3.63, 3.8) is 0 Å². The molecule has 0 saturated carbocycles. The Bertz CT molecular complexity index is 577. The van der Waals surface area contributed by atoms with Gasteiger partial charge in [-0.25, -0.2) is 4.98 Å². The van der Waals surface area contributed by atoms with Crippen LogP contribution in [0.25, 0.3) is 11.0 Å². The summed E-state index contributed by atoms with van der Waals surface area (Å²) in [7, 11) is 0. The van der Waals surface area contributed by atoms with Crippen LogP contribution in [0.4, 0.5) is 0 Å². The molecule has 2 aromatic rings. The Balaban J connectivity index is 2.17. The van der Waals surface area contributed by atoms with Crippen molar-refractivity contribution in [3.8, 4) is 0 Å². The molecule has 0 aliphatic carbocycles. The number of rotatable bonds is 1. The number of hydrogen-bond donors (Lipinski definition) is 1. The van der Waals surface area contributed by atoms with Gasteiger partial charge in [0.15, 0.2) is 0 Å². The first-order valence-corrected chi connectivity index (χ1v) is 6.87. The molecular formula is C15H21N3O. The second kappa shape index (κ2) is 4.62. The average molecular weight is 259 g/mol. The van der Waals surface area contributed by atoms with Gasteiger partial charge in [0.25, 0.3) is 0 Å². The van der Waals surface area contributed by atoms with Gasteiger partial charge in [0, 0.05) is 18.6 Å². The van der Waals surface area contributed by atoms with Gasteiger partial charge in [0.05, 0.1) is 17.6 Å². The zero-order chi connectivity index (χ0) is 13.5. The van der Waals surface area contributed by atoms with E-state index in [4.69, 9.17) is 9.72 Å². The van der Waals surface area contributed by atoms with Crippen LogP contribution in [-0.2, 0) is 10.3 Å². The highest BCUT2D eigenvalue weighted by Crippen LogP contribution is 2.30. The minimum Gasteiger partial charge on any atom is -0.368 e. The van der Waals surface area contributed by atoms with E-state index in [2.05, 4.69) is 48.9 Å². The lowest BCUT2D eigenvalue weighted by Gasteiger charge is -2.29. The van der Waals surface area contributed by atoms with Gasteiger partial charge in [-0.15, -0.1) is 0 Å². The highest BCUT2D eigenvalue weighted by Gasteiger charge is 2.27. The summed E-state index contributed by atoms with van der Waals surface area (Å²) < 4.78 is 8.19. The maximum absolute atomic E-state index is 5.88. The van der Waals surface area contributed by atoms with Crippen LogP contribution in [0.1, 0.15) is 32.7 Å². The van der Waals surface area contributed by atoms with Crippen LogP contribution in [0.3, 0.4) is 0 Å². The van der Waals surface area contributed by atoms with Crippen LogP contribution in [0.2, 0.25) is 0 Å². The van der Waals surface area contributed by atoms with Gasteiger partial charge in [-0.05, 0) is 32.9 Å². The number of morpholine rings is 1. The molecule has 1 aromatic heterocycles. The van der Waals surface area contributed by atoms with E-state index in [0.717, 1.165) is 31.0 Å². The zero-order valence-corrected chi connectivity index (χ0v) is 11.8. The molecule has 2 heterocycles. The highest BCUT2D eigenvalue weighted by atomic mass is 16.5. The Morgan fingerprint density at radius 1 is 1.32 bits per heavy atom. The van der Waals surface area contributed by atoms with Crippen LogP contribution in [-0.4, -0.2) is 29.2 Å². The SMILES string of the molecule is CC(C)(C)n1c(C2CNCCO2)nc2ccccc21. The molecule has 4 heteroatoms. The summed E-state index contributed by atoms with van der Waals surface area (Å²) in [6.45, 7) is 9.13. The smallest absolute Gasteiger partial charge is 0.140 e. The van der Waals surface area contributed by atoms with E-state index < -0.39 is 0 Å². The second-order valence-electron chi connectivity index (χ2n) is 6.03. The molecule has 102 valence electrons. The molecule has 19 heavy (non-hydrogen) atoms. The molecule has 1 saturated heterocycles. The first kappa shape index (κ1) is 12.6. The normalized spacial score (nSPS) is 20.9. The van der Waals surface area contributed by atoms with Crippen molar-refractivity contribution in [3.05, 3.63) is 30.1 Å². The van der Waals surface area contributed by atoms with Crippen LogP contribution in [0.5, 0.6) is 0 Å². The molecule has 1 aliphatic heterocycles. The molecule has 4 nitrogen and oxygen atoms in total. The number of aromatic nitrogens is 2. The topological polar surface area (TPSA) is 39.1 Å². The lowest BCUT2D eigenvalue weighted by Crippen LogP contribution is -2.36. The van der Waals surface area contributed by atoms with E-state index in [1.807, 2.05) is 6.07 Å². The highest BCUT2D eigenvalue weighted by molar-refractivity contribution is 5.76. The number of benzene rings is 1. The van der Waals surface area contributed by atoms with Gasteiger partial charge in [-0.2, -0.15) is 0 Å². The molecule has 1 N–H and O–H groups in total. The summed E-state index contributed by atoms with van der Waals surface area (Å²) in [5.74, 6) is 1.03. The molecule has 1 fully saturated rings. The summed E-state index contributed by atoms with van der Waals surface area (Å²) in [5, 5.41) is 3.38. The lowest BCUT2D eigenvalue weighted by molar-refractivity contribution is 0.0181. The van der Waals surface area contributed by atoms with Gasteiger partial charge in [-0.1, -0.05) is 12.1 Å². The summed E-state index contributed by atoms with van der Waals surface area (Å²) in [6, 6.07) is 8.30. The van der Waals surface area contributed by atoms with Crippen molar-refractivity contribution in [2.45, 2.75) is 32.4 Å². The van der Waals surface area contributed by atoms with Crippen LogP contribution < -0.4 is 5.32 Å². The molecule has 1 atom stereocenters. The maximum Gasteiger partial charge on any atom is 0.140 e. The third-order valence-electron chi connectivity index (χ3n) is 3.47. The molecule has 1 aliphatic rings. The van der Waals surface area contributed by atoms with Crippen molar-refractivity contribution in [1.29, 1.82) is 0 Å². The predicted octanol–water partition coefficient (Wildman–Crippen LogP) is 2.45. The van der Waals surface area contributed by atoms with E-state index in [1.54, 1.807) is 0 Å². The first-order chi connectivity index (χ1) is 9.07. The first-order valence-electron chi connectivity index (χ1n) is 6.87. The standard InChI is InChI=1S/C15H21N3O/c1-15(2,3)18-12-7-5-4-6-11(12)17-14(18)13-10-16-8-9-19-13/h4-7,13,16H,8-10H2,1-3H3. The van der Waals surface area contributed by atoms with Crippen LogP contribution in [0.15, 0.2) is 24.3 Å². The summed E-state index contributed by atoms with van der Waals surface area (Å²) in [6.07, 6.45) is 0.0420. The zero-order valence-electron chi connectivity index (χ0n) is 11.8. The van der Waals surface area contributed by atoms with Crippen molar-refractivity contribution in [1.82, 2.24) is 14.9 Å². The molecule has 3 rings (SSSR count). The Kier molecular flexibility index (Phi) is 3.07. The van der Waals surface area contributed by atoms with E-state index in [9.17, 15) is 0 Å². The second-order valence-corrected chi connectivity index (χ2v) is 6.03. The molecule has 0 spiro atoms. The minimum absolute atomic E-state index is 0.00769. The molecule has 0 amide bonds. The van der Waals surface area contributed by atoms with Gasteiger partial charge in [-0.3, -0.25) is 0 Å². The lowest BCUT2D eigenvalue weighted by atomic mass is 10.1. The third kappa shape index (κ3) is 2.26. The molecular weight excluding hydrogens is 238 g/mol. The number of imidazole rings is 1. The molecule has 0 bridgehead atoms. The number of nitrogens with zero attached hydrogens (tertiary/aromatic N) is 2. The van der Waals surface area contributed by atoms with Gasteiger partial charge < -0.3 is 14.6 Å². The van der Waals surface area contributed by atoms with Crippen molar-refractivity contribution in [2.75, 3.05) is 19.7 Å². The van der Waals surface area contributed by atoms with Crippen LogP contribution >= 0.6 is 0 Å². The number of ether oxygens (including phenoxy) is 1. The van der Waals surface area contributed by atoms with Gasteiger partial charge in [0.1, 0.15) is 11.9 Å². The fourth-order valence-electron chi connectivity index (χ4n) is 2.70. The number of fused-ring (bicyclic) bond motifs is 1. The minimum atomic E-state index is -0.00769. The van der Waals surface area contributed by atoms with E-state index in [0.29, 0.717) is 0 Å². The Morgan fingerprint density at radius 2 is 2.11 bits per heavy atom. The largest absolute Gasteiger partial charge is 0.368 e. The Labute approximate surface area is 113 Å². The summed E-state index contributed by atoms with van der Waals surface area (Å²) in [4.78, 5) is 4.80. The average Bonchev–Trinajstić information content (AvgIpc) is 2.79. The van der Waals surface area contributed by atoms with E-state index >= 15 is 0 Å². The fourth-order valence-corrected chi connectivity index (χ4v) is 2.70. The number of nitrogens with one attached hydrogen (secondary N) is 1. The Morgan fingerprint density at radius 3 is 2.79 bits per heavy atom. The fraction of sp³-hybridized carbons (Fsp3) is 0.533. The van der Waals surface area contributed by atoms with Gasteiger partial charge >= 0.3 is 0 Å². The number of hydrogen-bond acceptors (Lipinski definition) is 3. The Hall–Kier alpha value is -1.39. The quantitative estimate of drug-likeness (QED) is 0.855. The van der Waals surface area contributed by atoms with Crippen molar-refractivity contribution < 1.29 is 4.74 Å². The molecule has 1 unspecified atom stereocenters. The van der Waals surface area contributed by atoms with Crippen LogP contribution in [0, 0.1) is 0 Å². The molecule has 1 aromatic carbocycles. The van der Waals surface area contributed by atoms with Crippen molar-refractivity contribution in [2.24, 2.45) is 0 Å². The van der Waals surface area contributed by atoms with Crippen molar-refractivity contribution >= 4 is 11.0 Å². The summed E-state index contributed by atoms with van der Waals surface area (Å²) in [5.41, 5.74) is 2.22. The van der Waals surface area contributed by atoms with E-state index in [-0.39, 0.29) is 11.6 Å². The summed E-state index contributed by atoms with van der Waals surface area (Å²) >= 11 is 0. The van der Waals surface area contributed by atoms with Gasteiger partial charge in [0.2, 0.25) is 0 Å². The van der Waals surface area contributed by atoms with E-state index in [1.165, 1.54) is 5.52 Å². The molecule has 0 radical (unpaired) electrons. The predicted molar refractivity (Wildman–Crippen MR) is 76.3 cm³/mol. The third-order valence-corrected chi connectivity index (χ3v) is 3.47.